The summed E-state index contributed by atoms with van der Waals surface area (Å²) in [5.41, 5.74) is 2.03. The van der Waals surface area contributed by atoms with Gasteiger partial charge in [-0.2, -0.15) is 13.5 Å². The summed E-state index contributed by atoms with van der Waals surface area (Å²) in [6, 6.07) is 4.53. The number of aromatic nitrogens is 3. The van der Waals surface area contributed by atoms with Crippen LogP contribution in [0.3, 0.4) is 0 Å². The Balaban J connectivity index is 1.65. The number of nitrogens with one attached hydrogen (secondary N) is 2. The Bertz CT molecular complexity index is 1400. The van der Waals surface area contributed by atoms with Gasteiger partial charge in [-0.15, -0.1) is 11.3 Å². The number of thiazole rings is 1. The minimum atomic E-state index is -4.69. The molecule has 0 spiro atoms. The Hall–Kier alpha value is -3.29. The third-order valence-electron chi connectivity index (χ3n) is 4.39. The minimum absolute atomic E-state index is 0.0237. The summed E-state index contributed by atoms with van der Waals surface area (Å²) >= 11 is 7.21. The Kier molecular flexibility index (Phi) is 5.95. The number of benzene rings is 2. The van der Waals surface area contributed by atoms with Crippen molar-refractivity contribution in [1.29, 1.82) is 0 Å². The lowest BCUT2D eigenvalue weighted by molar-refractivity contribution is -0.128. The second-order valence-corrected chi connectivity index (χ2v) is 9.10. The molecule has 2 heterocycles. The highest BCUT2D eigenvalue weighted by Crippen LogP contribution is 2.32. The van der Waals surface area contributed by atoms with Crippen LogP contribution in [0.25, 0.3) is 10.9 Å². The fourth-order valence-corrected chi connectivity index (χ4v) is 5.04. The molecule has 0 atom stereocenters. The van der Waals surface area contributed by atoms with Gasteiger partial charge < -0.3 is 10.2 Å². The standard InChI is InChI=1S/C18H12ClF2N5O4S2/c19-12-3-16(32(28,29)26(30-9-27)17-7-31-8-23-17)14(21)4-15(12)22-6-11-13(20)2-1-10-5-24-25-18(10)11/h1-5,7-9,22H,6H2,(H,24,25). The highest BCUT2D eigenvalue weighted by Gasteiger charge is 2.32. The van der Waals surface area contributed by atoms with E-state index in [1.807, 2.05) is 0 Å². The van der Waals surface area contributed by atoms with Crippen molar-refractivity contribution in [3.05, 3.63) is 63.6 Å². The average molecular weight is 500 g/mol. The molecule has 0 amide bonds. The minimum Gasteiger partial charge on any atom is -0.379 e. The highest BCUT2D eigenvalue weighted by atomic mass is 35.5. The smallest absolute Gasteiger partial charge is 0.322 e. The number of fused-ring (bicyclic) bond motifs is 1. The first-order chi connectivity index (χ1) is 15.3. The van der Waals surface area contributed by atoms with Crippen LogP contribution >= 0.6 is 22.9 Å². The molecule has 0 radical (unpaired) electrons. The molecule has 0 aliphatic heterocycles. The van der Waals surface area contributed by atoms with Gasteiger partial charge in [0.25, 0.3) is 10.0 Å². The van der Waals surface area contributed by atoms with E-state index in [9.17, 15) is 22.0 Å². The molecule has 2 aromatic carbocycles. The number of carbonyl (C=O) groups excluding carboxylic acids is 1. The zero-order valence-electron chi connectivity index (χ0n) is 15.8. The number of hydrogen-bond acceptors (Lipinski definition) is 8. The van der Waals surface area contributed by atoms with Crippen molar-refractivity contribution in [2.45, 2.75) is 11.4 Å². The van der Waals surface area contributed by atoms with Crippen molar-refractivity contribution >= 4 is 61.8 Å². The zero-order chi connectivity index (χ0) is 22.9. The number of halogens is 3. The third-order valence-corrected chi connectivity index (χ3v) is 6.85. The lowest BCUT2D eigenvalue weighted by atomic mass is 10.1. The molecule has 0 unspecified atom stereocenters. The second-order valence-electron chi connectivity index (χ2n) is 6.26. The number of anilines is 2. The van der Waals surface area contributed by atoms with E-state index in [2.05, 4.69) is 25.3 Å². The van der Waals surface area contributed by atoms with E-state index in [0.29, 0.717) is 10.9 Å². The van der Waals surface area contributed by atoms with E-state index in [1.54, 1.807) is 6.07 Å². The first kappa shape index (κ1) is 21.9. The molecule has 2 aromatic heterocycles. The van der Waals surface area contributed by atoms with Crippen LogP contribution in [0.1, 0.15) is 5.56 Å². The van der Waals surface area contributed by atoms with Gasteiger partial charge in [0.05, 0.1) is 27.9 Å². The second kappa shape index (κ2) is 8.68. The van der Waals surface area contributed by atoms with Crippen LogP contribution in [0.2, 0.25) is 5.02 Å². The molecule has 4 rings (SSSR count). The topological polar surface area (TPSA) is 117 Å². The van der Waals surface area contributed by atoms with Crippen LogP contribution in [0.15, 0.2) is 46.2 Å². The van der Waals surface area contributed by atoms with Crippen LogP contribution in [-0.2, 0) is 26.2 Å². The van der Waals surface area contributed by atoms with E-state index < -0.39 is 26.6 Å². The predicted molar refractivity (Wildman–Crippen MR) is 114 cm³/mol. The van der Waals surface area contributed by atoms with Crippen molar-refractivity contribution in [1.82, 2.24) is 15.2 Å². The molecule has 2 N–H and O–H groups in total. The molecular weight excluding hydrogens is 488 g/mol. The van der Waals surface area contributed by atoms with E-state index in [1.165, 1.54) is 23.2 Å². The van der Waals surface area contributed by atoms with Gasteiger partial charge in [0, 0.05) is 22.9 Å². The summed E-state index contributed by atoms with van der Waals surface area (Å²) in [6.07, 6.45) is 1.53. The maximum atomic E-state index is 14.8. The zero-order valence-corrected chi connectivity index (χ0v) is 18.1. The molecule has 9 nitrogen and oxygen atoms in total. The third kappa shape index (κ3) is 3.97. The molecule has 0 fully saturated rings. The Morgan fingerprint density at radius 2 is 2.09 bits per heavy atom. The molecule has 14 heteroatoms. The van der Waals surface area contributed by atoms with Gasteiger partial charge in [-0.3, -0.25) is 9.89 Å². The number of hydrogen-bond donors (Lipinski definition) is 2. The molecule has 0 bridgehead atoms. The fourth-order valence-electron chi connectivity index (χ4n) is 2.92. The first-order valence-electron chi connectivity index (χ1n) is 8.70. The Morgan fingerprint density at radius 1 is 1.28 bits per heavy atom. The quantitative estimate of drug-likeness (QED) is 0.279. The average Bonchev–Trinajstić information content (AvgIpc) is 3.45. The number of carbonyl (C=O) groups is 1. The maximum Gasteiger partial charge on any atom is 0.322 e. The molecular formula is C18H12ClF2N5O4S2. The van der Waals surface area contributed by atoms with E-state index >= 15 is 0 Å². The van der Waals surface area contributed by atoms with Crippen LogP contribution in [0, 0.1) is 11.6 Å². The van der Waals surface area contributed by atoms with Gasteiger partial charge in [0.15, 0.2) is 5.82 Å². The Labute approximate surface area is 188 Å². The van der Waals surface area contributed by atoms with Gasteiger partial charge in [-0.05, 0) is 24.3 Å². The van der Waals surface area contributed by atoms with Crippen LogP contribution in [0.5, 0.6) is 0 Å². The van der Waals surface area contributed by atoms with Crippen molar-refractivity contribution in [2.75, 3.05) is 9.79 Å². The van der Waals surface area contributed by atoms with Crippen molar-refractivity contribution in [3.8, 4) is 0 Å². The highest BCUT2D eigenvalue weighted by molar-refractivity contribution is 7.92. The number of H-pyrrole nitrogens is 1. The molecule has 166 valence electrons. The summed E-state index contributed by atoms with van der Waals surface area (Å²) in [5.74, 6) is -1.93. The lowest BCUT2D eigenvalue weighted by Gasteiger charge is -2.19. The number of sulfonamides is 1. The number of aromatic amines is 1. The van der Waals surface area contributed by atoms with Gasteiger partial charge in [0.2, 0.25) is 0 Å². The van der Waals surface area contributed by atoms with Gasteiger partial charge in [-0.1, -0.05) is 16.1 Å². The lowest BCUT2D eigenvalue weighted by Crippen LogP contribution is -2.31. The van der Waals surface area contributed by atoms with Crippen LogP contribution < -0.4 is 9.79 Å². The normalized spacial score (nSPS) is 11.5. The van der Waals surface area contributed by atoms with Crippen molar-refractivity contribution in [3.63, 3.8) is 0 Å². The van der Waals surface area contributed by atoms with Crippen LogP contribution in [-0.4, -0.2) is 30.1 Å². The molecule has 32 heavy (non-hydrogen) atoms. The predicted octanol–water partition coefficient (Wildman–Crippen LogP) is 3.85. The molecule has 0 saturated carbocycles. The Morgan fingerprint density at radius 3 is 2.81 bits per heavy atom. The van der Waals surface area contributed by atoms with Crippen molar-refractivity contribution < 1.29 is 26.8 Å². The summed E-state index contributed by atoms with van der Waals surface area (Å²) < 4.78 is 55.0. The monoisotopic (exact) mass is 499 g/mol. The summed E-state index contributed by atoms with van der Waals surface area (Å²) in [5, 5.41) is 11.2. The van der Waals surface area contributed by atoms with Gasteiger partial charge in [-0.25, -0.2) is 13.8 Å². The van der Waals surface area contributed by atoms with Gasteiger partial charge in [0.1, 0.15) is 16.5 Å². The molecule has 0 aliphatic rings. The molecule has 4 aromatic rings. The maximum absolute atomic E-state index is 14.8. The van der Waals surface area contributed by atoms with E-state index in [0.717, 1.165) is 23.5 Å². The number of rotatable bonds is 8. The largest absolute Gasteiger partial charge is 0.379 e. The van der Waals surface area contributed by atoms with E-state index in [-0.39, 0.29) is 39.6 Å². The first-order valence-corrected chi connectivity index (χ1v) is 11.5. The molecule has 0 saturated heterocycles. The van der Waals surface area contributed by atoms with Crippen LogP contribution in [0.4, 0.5) is 20.3 Å². The summed E-state index contributed by atoms with van der Waals surface area (Å²) in [7, 11) is -4.69. The van der Waals surface area contributed by atoms with E-state index in [4.69, 9.17) is 11.6 Å². The van der Waals surface area contributed by atoms with Crippen molar-refractivity contribution in [2.24, 2.45) is 0 Å². The fraction of sp³-hybridized carbons (Fsp3) is 0.0556. The summed E-state index contributed by atoms with van der Waals surface area (Å²) in [6.45, 7) is -0.216. The van der Waals surface area contributed by atoms with Gasteiger partial charge >= 0.3 is 6.47 Å². The SMILES string of the molecule is O=CON(c1cscn1)S(=O)(=O)c1cc(Cl)c(NCc2c(F)ccc3cn[nH]c23)cc1F. The summed E-state index contributed by atoms with van der Waals surface area (Å²) in [4.78, 5) is 18.2. The molecule has 0 aliphatic carbocycles. The number of nitrogens with zero attached hydrogens (tertiary/aromatic N) is 3.